The smallest absolute Gasteiger partial charge is 0.458 e. The van der Waals surface area contributed by atoms with Gasteiger partial charge in [-0.15, -0.1) is 0 Å². The molecule has 3 atom stereocenters. The van der Waals surface area contributed by atoms with Crippen molar-refractivity contribution in [3.63, 3.8) is 0 Å². The lowest BCUT2D eigenvalue weighted by atomic mass is 9.81. The van der Waals surface area contributed by atoms with Crippen LogP contribution < -0.4 is 10.9 Å². The Morgan fingerprint density at radius 1 is 1.17 bits per heavy atom. The summed E-state index contributed by atoms with van der Waals surface area (Å²) >= 11 is 0. The molecule has 7 rings (SSSR count). The Labute approximate surface area is 259 Å². The number of fused-ring (bicyclic) bond motifs is 5. The number of aryl methyl sites for hydroxylation is 1. The molecule has 0 bridgehead atoms. The number of carbonyl (C=O) groups is 3. The normalized spacial score (nSPS) is 23.2. The quantitative estimate of drug-likeness (QED) is 0.257. The summed E-state index contributed by atoms with van der Waals surface area (Å²) in [7, 11) is 0. The van der Waals surface area contributed by atoms with Crippen molar-refractivity contribution in [3.8, 4) is 11.4 Å². The molecule has 5 heterocycles. The first-order valence-corrected chi connectivity index (χ1v) is 15.2. The number of amides is 2. The molecular formula is C32H30F4N4O6. The third-order valence-corrected chi connectivity index (χ3v) is 10.0. The van der Waals surface area contributed by atoms with Crippen LogP contribution in [0.5, 0.6) is 0 Å². The number of pyridine rings is 2. The molecule has 1 aliphatic carbocycles. The SMILES string of the molecule is CC[C@@]1(O)C(=O)OCc2c1cc1n(c2=O)Cc2c-1nc1cc(F)c(C)c3c1c2[C@@H](NC(=O)C[C@@H]1CCCN1C(=O)C(F)(F)F)CC3. The fourth-order valence-corrected chi connectivity index (χ4v) is 7.64. The van der Waals surface area contributed by atoms with E-state index in [9.17, 15) is 37.5 Å². The highest BCUT2D eigenvalue weighted by Gasteiger charge is 2.47. The predicted molar refractivity (Wildman–Crippen MR) is 154 cm³/mol. The average Bonchev–Trinajstić information content (AvgIpc) is 3.62. The number of cyclic esters (lactones) is 1. The van der Waals surface area contributed by atoms with E-state index in [1.165, 1.54) is 10.6 Å². The lowest BCUT2D eigenvalue weighted by Crippen LogP contribution is -2.45. The van der Waals surface area contributed by atoms with Gasteiger partial charge in [0, 0.05) is 41.6 Å². The van der Waals surface area contributed by atoms with Gasteiger partial charge in [-0.25, -0.2) is 14.2 Å². The summed E-state index contributed by atoms with van der Waals surface area (Å²) in [5.74, 6) is -3.84. The molecule has 1 fully saturated rings. The maximum Gasteiger partial charge on any atom is 0.471 e. The summed E-state index contributed by atoms with van der Waals surface area (Å²) in [5.41, 5.74) is 1.09. The molecule has 242 valence electrons. The van der Waals surface area contributed by atoms with Crippen LogP contribution in [0.3, 0.4) is 0 Å². The molecular weight excluding hydrogens is 612 g/mol. The molecule has 2 aromatic heterocycles. The van der Waals surface area contributed by atoms with E-state index >= 15 is 4.39 Å². The van der Waals surface area contributed by atoms with Gasteiger partial charge in [0.15, 0.2) is 5.60 Å². The van der Waals surface area contributed by atoms with E-state index in [0.29, 0.717) is 68.7 Å². The van der Waals surface area contributed by atoms with Crippen molar-refractivity contribution in [1.82, 2.24) is 19.8 Å². The second-order valence-corrected chi connectivity index (χ2v) is 12.5. The van der Waals surface area contributed by atoms with E-state index < -0.39 is 53.0 Å². The Hall–Kier alpha value is -4.33. The number of carbonyl (C=O) groups excluding carboxylic acids is 3. The topological polar surface area (TPSA) is 131 Å². The van der Waals surface area contributed by atoms with Crippen molar-refractivity contribution in [1.29, 1.82) is 0 Å². The van der Waals surface area contributed by atoms with Crippen LogP contribution in [0.25, 0.3) is 22.3 Å². The highest BCUT2D eigenvalue weighted by atomic mass is 19.4. The van der Waals surface area contributed by atoms with Gasteiger partial charge in [0.25, 0.3) is 5.56 Å². The summed E-state index contributed by atoms with van der Waals surface area (Å²) in [5, 5.41) is 14.8. The van der Waals surface area contributed by atoms with Gasteiger partial charge in [-0.3, -0.25) is 14.4 Å². The second-order valence-electron chi connectivity index (χ2n) is 12.5. The lowest BCUT2D eigenvalue weighted by Gasteiger charge is -2.31. The lowest BCUT2D eigenvalue weighted by molar-refractivity contribution is -0.186. The van der Waals surface area contributed by atoms with Crippen LogP contribution in [-0.2, 0) is 44.3 Å². The molecule has 2 amide bonds. The van der Waals surface area contributed by atoms with E-state index in [1.54, 1.807) is 19.9 Å². The van der Waals surface area contributed by atoms with Crippen molar-refractivity contribution in [2.24, 2.45) is 0 Å². The molecule has 14 heteroatoms. The van der Waals surface area contributed by atoms with Gasteiger partial charge in [0.05, 0.1) is 35.1 Å². The maximum atomic E-state index is 15.1. The number of halogens is 4. The number of esters is 1. The molecule has 3 aliphatic heterocycles. The number of aromatic nitrogens is 2. The molecule has 3 aromatic rings. The Morgan fingerprint density at radius 2 is 1.93 bits per heavy atom. The summed E-state index contributed by atoms with van der Waals surface area (Å²) < 4.78 is 61.3. The van der Waals surface area contributed by atoms with Crippen molar-refractivity contribution < 1.29 is 41.8 Å². The van der Waals surface area contributed by atoms with Crippen LogP contribution in [0.4, 0.5) is 17.6 Å². The largest absolute Gasteiger partial charge is 0.471 e. The molecule has 2 N–H and O–H groups in total. The highest BCUT2D eigenvalue weighted by Crippen LogP contribution is 2.46. The molecule has 0 radical (unpaired) electrons. The zero-order valence-corrected chi connectivity index (χ0v) is 25.0. The van der Waals surface area contributed by atoms with Crippen LogP contribution in [0.15, 0.2) is 16.9 Å². The Bertz CT molecular complexity index is 1940. The number of likely N-dealkylation sites (tertiary alicyclic amines) is 1. The maximum absolute atomic E-state index is 15.1. The van der Waals surface area contributed by atoms with Gasteiger partial charge in [-0.05, 0) is 61.8 Å². The fourth-order valence-electron chi connectivity index (χ4n) is 7.64. The molecule has 46 heavy (non-hydrogen) atoms. The summed E-state index contributed by atoms with van der Waals surface area (Å²) in [6.07, 6.45) is -4.05. The average molecular weight is 643 g/mol. The number of alkyl halides is 3. The second kappa shape index (κ2) is 10.3. The van der Waals surface area contributed by atoms with E-state index in [4.69, 9.17) is 9.72 Å². The van der Waals surface area contributed by atoms with Crippen LogP contribution in [0.1, 0.15) is 78.5 Å². The minimum Gasteiger partial charge on any atom is -0.458 e. The number of rotatable bonds is 4. The number of aliphatic hydroxyl groups is 1. The predicted octanol–water partition coefficient (Wildman–Crippen LogP) is 3.57. The summed E-state index contributed by atoms with van der Waals surface area (Å²) in [6.45, 7) is 2.90. The van der Waals surface area contributed by atoms with E-state index in [0.717, 1.165) is 0 Å². The fraction of sp³-hybridized carbons (Fsp3) is 0.469. The van der Waals surface area contributed by atoms with Gasteiger partial charge in [0.1, 0.15) is 12.4 Å². The molecule has 1 aromatic carbocycles. The summed E-state index contributed by atoms with van der Waals surface area (Å²) in [4.78, 5) is 57.2. The number of ether oxygens (including phenoxy) is 1. The Balaban J connectivity index is 1.32. The van der Waals surface area contributed by atoms with E-state index in [2.05, 4.69) is 5.32 Å². The third-order valence-electron chi connectivity index (χ3n) is 10.0. The number of hydrogen-bond donors (Lipinski definition) is 2. The molecule has 4 aliphatic rings. The van der Waals surface area contributed by atoms with Crippen LogP contribution >= 0.6 is 0 Å². The molecule has 1 saturated heterocycles. The van der Waals surface area contributed by atoms with Crippen molar-refractivity contribution in [2.45, 2.75) is 89.4 Å². The zero-order valence-electron chi connectivity index (χ0n) is 25.0. The minimum atomic E-state index is -5.04. The van der Waals surface area contributed by atoms with Crippen LogP contribution in [0, 0.1) is 12.7 Å². The number of nitrogens with zero attached hydrogens (tertiary/aromatic N) is 3. The van der Waals surface area contributed by atoms with Gasteiger partial charge >= 0.3 is 18.1 Å². The van der Waals surface area contributed by atoms with E-state index in [-0.39, 0.29) is 50.1 Å². The Kier molecular flexibility index (Phi) is 6.82. The monoisotopic (exact) mass is 642 g/mol. The summed E-state index contributed by atoms with van der Waals surface area (Å²) in [6, 6.07) is 1.29. The molecule has 0 saturated carbocycles. The van der Waals surface area contributed by atoms with Gasteiger partial charge in [0.2, 0.25) is 5.91 Å². The first-order valence-electron chi connectivity index (χ1n) is 15.2. The van der Waals surface area contributed by atoms with Crippen LogP contribution in [-0.4, -0.2) is 56.1 Å². The third kappa shape index (κ3) is 4.36. The first kappa shape index (κ1) is 30.3. The van der Waals surface area contributed by atoms with Gasteiger partial charge in [-0.2, -0.15) is 13.2 Å². The standard InChI is InChI=1S/C32H30F4N4O6/c1-3-31(45)19-10-23-27-17(12-40(23)28(42)18(19)13-46-30(31)44)26-21(7-6-16-14(2)20(33)11-22(38-27)25(16)26)37-24(41)9-15-5-4-8-39(15)29(43)32(34,35)36/h10-11,15,21,45H,3-9,12-13H2,1-2H3,(H,37,41)/t15-,21-,31-/m0/s1. The van der Waals surface area contributed by atoms with Gasteiger partial charge < -0.3 is 24.6 Å². The molecule has 0 unspecified atom stereocenters. The van der Waals surface area contributed by atoms with E-state index in [1.807, 2.05) is 0 Å². The highest BCUT2D eigenvalue weighted by molar-refractivity contribution is 5.94. The van der Waals surface area contributed by atoms with Gasteiger partial charge in [-0.1, -0.05) is 6.92 Å². The van der Waals surface area contributed by atoms with Crippen molar-refractivity contribution in [3.05, 3.63) is 61.7 Å². The number of nitrogens with one attached hydrogen (secondary N) is 1. The Morgan fingerprint density at radius 3 is 2.65 bits per heavy atom. The van der Waals surface area contributed by atoms with Crippen molar-refractivity contribution >= 4 is 28.7 Å². The number of benzene rings is 1. The zero-order chi connectivity index (χ0) is 32.9. The minimum absolute atomic E-state index is 0.0417. The van der Waals surface area contributed by atoms with Crippen LogP contribution in [0.2, 0.25) is 0 Å². The molecule has 10 nitrogen and oxygen atoms in total. The first-order chi connectivity index (χ1) is 21.7. The molecule has 0 spiro atoms. The van der Waals surface area contributed by atoms with Crippen molar-refractivity contribution in [2.75, 3.05) is 6.54 Å². The number of hydrogen-bond acceptors (Lipinski definition) is 7.